The van der Waals surface area contributed by atoms with Gasteiger partial charge in [-0.3, -0.25) is 0 Å². The van der Waals surface area contributed by atoms with E-state index >= 15 is 0 Å². The van der Waals surface area contributed by atoms with Crippen LogP contribution in [0.3, 0.4) is 0 Å². The summed E-state index contributed by atoms with van der Waals surface area (Å²) in [6.07, 6.45) is 4.60. The molecule has 1 aromatic carbocycles. The number of carbonyl (C=O) groups is 1. The minimum absolute atomic E-state index is 0.124. The molecule has 0 spiro atoms. The minimum Gasteiger partial charge on any atom is -0.488 e. The molecule has 2 amide bonds. The lowest BCUT2D eigenvalue weighted by Crippen LogP contribution is -2.36. The second-order valence-electron chi connectivity index (χ2n) is 6.32. The molecule has 1 aliphatic carbocycles. The predicted molar refractivity (Wildman–Crippen MR) is 81.2 cm³/mol. The van der Waals surface area contributed by atoms with Crippen LogP contribution in [0.4, 0.5) is 10.5 Å². The van der Waals surface area contributed by atoms with Gasteiger partial charge in [0.1, 0.15) is 11.4 Å². The zero-order valence-corrected chi connectivity index (χ0v) is 12.5. The highest BCUT2D eigenvalue weighted by Gasteiger charge is 2.17. The van der Waals surface area contributed by atoms with E-state index in [1.54, 1.807) is 0 Å². The van der Waals surface area contributed by atoms with Crippen molar-refractivity contribution in [1.29, 1.82) is 0 Å². The third kappa shape index (κ3) is 4.76. The predicted octanol–water partition coefficient (Wildman–Crippen LogP) is 3.93. The third-order valence-corrected chi connectivity index (χ3v) is 3.23. The number of rotatable bonds is 3. The number of ether oxygens (including phenoxy) is 1. The molecule has 0 heterocycles. The summed E-state index contributed by atoms with van der Waals surface area (Å²) < 4.78 is 5.74. The summed E-state index contributed by atoms with van der Waals surface area (Å²) in [5.41, 5.74) is 0.566. The highest BCUT2D eigenvalue weighted by atomic mass is 16.5. The van der Waals surface area contributed by atoms with E-state index in [1.807, 2.05) is 45.0 Å². The van der Waals surface area contributed by atoms with Crippen LogP contribution in [0, 0.1) is 0 Å². The first kappa shape index (κ1) is 14.7. The summed E-state index contributed by atoms with van der Waals surface area (Å²) in [4.78, 5) is 11.8. The Morgan fingerprint density at radius 3 is 2.30 bits per heavy atom. The molecule has 1 fully saturated rings. The summed E-state index contributed by atoms with van der Waals surface area (Å²) >= 11 is 0. The van der Waals surface area contributed by atoms with E-state index in [4.69, 9.17) is 4.74 Å². The quantitative estimate of drug-likeness (QED) is 0.879. The fourth-order valence-electron chi connectivity index (χ4n) is 2.38. The lowest BCUT2D eigenvalue weighted by atomic mass is 10.2. The first-order valence-electron chi connectivity index (χ1n) is 7.29. The van der Waals surface area contributed by atoms with Crippen LogP contribution < -0.4 is 15.4 Å². The van der Waals surface area contributed by atoms with Gasteiger partial charge in [-0.15, -0.1) is 0 Å². The summed E-state index contributed by atoms with van der Waals surface area (Å²) in [7, 11) is 0. The molecule has 0 bridgehead atoms. The maximum Gasteiger partial charge on any atom is 0.319 e. The van der Waals surface area contributed by atoms with E-state index in [-0.39, 0.29) is 11.6 Å². The fourth-order valence-corrected chi connectivity index (χ4v) is 2.38. The molecule has 1 aromatic rings. The van der Waals surface area contributed by atoms with Gasteiger partial charge in [-0.05, 0) is 57.9 Å². The molecule has 2 N–H and O–H groups in total. The number of amides is 2. The molecule has 0 aliphatic heterocycles. The maximum atomic E-state index is 11.8. The molecular weight excluding hydrogens is 252 g/mol. The maximum absolute atomic E-state index is 11.8. The van der Waals surface area contributed by atoms with Crippen molar-refractivity contribution in [3.8, 4) is 5.75 Å². The largest absolute Gasteiger partial charge is 0.488 e. The van der Waals surface area contributed by atoms with Crippen LogP contribution in [0.25, 0.3) is 0 Å². The van der Waals surface area contributed by atoms with Gasteiger partial charge >= 0.3 is 6.03 Å². The number of nitrogens with one attached hydrogen (secondary N) is 2. The van der Waals surface area contributed by atoms with Crippen molar-refractivity contribution in [3.63, 3.8) is 0 Å². The molecule has 1 saturated carbocycles. The smallest absolute Gasteiger partial charge is 0.319 e. The van der Waals surface area contributed by atoms with Crippen LogP contribution in [-0.4, -0.2) is 17.7 Å². The third-order valence-electron chi connectivity index (χ3n) is 3.23. The minimum atomic E-state index is -0.213. The molecular formula is C16H24N2O2. The van der Waals surface area contributed by atoms with Gasteiger partial charge in [0.05, 0.1) is 0 Å². The number of hydrogen-bond donors (Lipinski definition) is 2. The highest BCUT2D eigenvalue weighted by molar-refractivity contribution is 5.89. The molecule has 1 aliphatic rings. The van der Waals surface area contributed by atoms with E-state index < -0.39 is 0 Å². The van der Waals surface area contributed by atoms with Crippen molar-refractivity contribution in [2.75, 3.05) is 5.32 Å². The Kier molecular flexibility index (Phi) is 4.53. The van der Waals surface area contributed by atoms with Crippen molar-refractivity contribution in [2.24, 2.45) is 0 Å². The Balaban J connectivity index is 1.85. The van der Waals surface area contributed by atoms with Gasteiger partial charge in [-0.2, -0.15) is 0 Å². The molecule has 0 saturated heterocycles. The Morgan fingerprint density at radius 1 is 1.15 bits per heavy atom. The van der Waals surface area contributed by atoms with Crippen molar-refractivity contribution in [2.45, 2.75) is 58.1 Å². The number of urea groups is 1. The zero-order chi connectivity index (χ0) is 14.6. The molecule has 20 heavy (non-hydrogen) atoms. The molecule has 0 radical (unpaired) electrons. The molecule has 110 valence electrons. The first-order valence-corrected chi connectivity index (χ1v) is 7.29. The van der Waals surface area contributed by atoms with Gasteiger partial charge in [0.2, 0.25) is 0 Å². The lowest BCUT2D eigenvalue weighted by Gasteiger charge is -2.21. The summed E-state index contributed by atoms with van der Waals surface area (Å²) in [6, 6.07) is 7.66. The standard InChI is InChI=1S/C16H24N2O2/c1-16(2,3)20-14-10-8-13(9-11-14)18-15(19)17-12-6-4-5-7-12/h8-12H,4-7H2,1-3H3,(H2,17,18,19). The highest BCUT2D eigenvalue weighted by Crippen LogP contribution is 2.21. The molecule has 0 atom stereocenters. The van der Waals surface area contributed by atoms with E-state index in [0.29, 0.717) is 6.04 Å². The number of carbonyl (C=O) groups excluding carboxylic acids is 1. The van der Waals surface area contributed by atoms with E-state index in [1.165, 1.54) is 12.8 Å². The Labute approximate surface area is 120 Å². The van der Waals surface area contributed by atoms with Gasteiger partial charge in [-0.25, -0.2) is 4.79 Å². The van der Waals surface area contributed by atoms with Gasteiger partial charge in [0, 0.05) is 11.7 Å². The normalized spacial score (nSPS) is 15.9. The first-order chi connectivity index (χ1) is 9.42. The van der Waals surface area contributed by atoms with Crippen molar-refractivity contribution in [1.82, 2.24) is 5.32 Å². The topological polar surface area (TPSA) is 50.4 Å². The molecule has 4 heteroatoms. The molecule has 0 unspecified atom stereocenters. The van der Waals surface area contributed by atoms with E-state index in [9.17, 15) is 4.79 Å². The fraction of sp³-hybridized carbons (Fsp3) is 0.562. The van der Waals surface area contributed by atoms with Crippen molar-refractivity contribution in [3.05, 3.63) is 24.3 Å². The number of hydrogen-bond acceptors (Lipinski definition) is 2. The number of anilines is 1. The monoisotopic (exact) mass is 276 g/mol. The van der Waals surface area contributed by atoms with Crippen LogP contribution >= 0.6 is 0 Å². The van der Waals surface area contributed by atoms with Crippen LogP contribution in [0.1, 0.15) is 46.5 Å². The molecule has 2 rings (SSSR count). The lowest BCUT2D eigenvalue weighted by molar-refractivity contribution is 0.131. The van der Waals surface area contributed by atoms with Crippen LogP contribution in [0.2, 0.25) is 0 Å². The van der Waals surface area contributed by atoms with E-state index in [2.05, 4.69) is 10.6 Å². The Morgan fingerprint density at radius 2 is 1.75 bits per heavy atom. The van der Waals surface area contributed by atoms with E-state index in [0.717, 1.165) is 24.3 Å². The summed E-state index contributed by atoms with van der Waals surface area (Å²) in [5, 5.41) is 5.85. The second kappa shape index (κ2) is 6.16. The van der Waals surface area contributed by atoms with Gasteiger partial charge in [-0.1, -0.05) is 12.8 Å². The number of benzene rings is 1. The summed E-state index contributed by atoms with van der Waals surface area (Å²) in [6.45, 7) is 6.02. The Hall–Kier alpha value is -1.71. The average molecular weight is 276 g/mol. The van der Waals surface area contributed by atoms with Gasteiger partial charge < -0.3 is 15.4 Å². The average Bonchev–Trinajstić information content (AvgIpc) is 2.82. The van der Waals surface area contributed by atoms with Gasteiger partial charge in [0.25, 0.3) is 0 Å². The zero-order valence-electron chi connectivity index (χ0n) is 12.5. The summed E-state index contributed by atoms with van der Waals surface area (Å²) in [5.74, 6) is 0.805. The van der Waals surface area contributed by atoms with Crippen molar-refractivity contribution >= 4 is 11.7 Å². The van der Waals surface area contributed by atoms with Crippen LogP contribution in [-0.2, 0) is 0 Å². The van der Waals surface area contributed by atoms with Crippen LogP contribution in [0.5, 0.6) is 5.75 Å². The van der Waals surface area contributed by atoms with Gasteiger partial charge in [0.15, 0.2) is 0 Å². The van der Waals surface area contributed by atoms with Crippen molar-refractivity contribution < 1.29 is 9.53 Å². The molecule has 0 aromatic heterocycles. The molecule has 4 nitrogen and oxygen atoms in total. The SMILES string of the molecule is CC(C)(C)Oc1ccc(NC(=O)NC2CCCC2)cc1. The second-order valence-corrected chi connectivity index (χ2v) is 6.32. The van der Waals surface area contributed by atoms with Crippen LogP contribution in [0.15, 0.2) is 24.3 Å². The Bertz CT molecular complexity index is 443.